The minimum absolute atomic E-state index is 1.20. The summed E-state index contributed by atoms with van der Waals surface area (Å²) in [6.07, 6.45) is 5.99. The summed E-state index contributed by atoms with van der Waals surface area (Å²) in [6.45, 7) is 6.73. The zero-order chi connectivity index (χ0) is 7.56. The fourth-order valence-corrected chi connectivity index (χ4v) is 1.68. The molecule has 0 N–H and O–H groups in total. The summed E-state index contributed by atoms with van der Waals surface area (Å²) in [6, 6.07) is 0. The van der Waals surface area contributed by atoms with E-state index >= 15 is 0 Å². The van der Waals surface area contributed by atoms with Gasteiger partial charge in [-0.3, -0.25) is 0 Å². The highest BCUT2D eigenvalue weighted by molar-refractivity contribution is 5.41. The van der Waals surface area contributed by atoms with E-state index in [9.17, 15) is 0 Å². The quantitative estimate of drug-likeness (QED) is 0.545. The first kappa shape index (κ1) is 7.59. The summed E-state index contributed by atoms with van der Waals surface area (Å²) >= 11 is 0. The highest BCUT2D eigenvalue weighted by Crippen LogP contribution is 2.29. The zero-order valence-corrected chi connectivity index (χ0v) is 7.20. The van der Waals surface area contributed by atoms with Crippen molar-refractivity contribution in [1.29, 1.82) is 0 Å². The smallest absolute Gasteiger partial charge is 0.0130 e. The molecule has 0 atom stereocenters. The van der Waals surface area contributed by atoms with Crippen LogP contribution in [-0.2, 0) is 0 Å². The van der Waals surface area contributed by atoms with Crippen molar-refractivity contribution in [2.45, 2.75) is 40.0 Å². The molecule has 1 aliphatic rings. The third-order valence-corrected chi connectivity index (χ3v) is 2.29. The maximum atomic E-state index is 2.37. The molecule has 0 nitrogen and oxygen atoms in total. The lowest BCUT2D eigenvalue weighted by atomic mass is 10.0. The molecule has 0 spiro atoms. The van der Waals surface area contributed by atoms with Crippen LogP contribution in [0.4, 0.5) is 0 Å². The van der Waals surface area contributed by atoms with Gasteiger partial charge < -0.3 is 0 Å². The van der Waals surface area contributed by atoms with Crippen molar-refractivity contribution < 1.29 is 0 Å². The minimum atomic E-state index is 1.20. The Hall–Kier alpha value is -0.520. The molecule has 0 aromatic rings. The van der Waals surface area contributed by atoms with Crippen molar-refractivity contribution in [2.75, 3.05) is 0 Å². The molecular formula is C10H16. The van der Waals surface area contributed by atoms with E-state index in [0.717, 1.165) is 0 Å². The lowest BCUT2D eigenvalue weighted by Crippen LogP contribution is -1.83. The second-order valence-electron chi connectivity index (χ2n) is 2.90. The Morgan fingerprint density at radius 1 is 1.30 bits per heavy atom. The first-order chi connectivity index (χ1) is 4.79. The predicted octanol–water partition coefficient (Wildman–Crippen LogP) is 3.45. The molecular weight excluding hydrogens is 120 g/mol. The Kier molecular flexibility index (Phi) is 2.31. The number of allylic oxidation sites excluding steroid dienone is 4. The topological polar surface area (TPSA) is 0 Å². The molecule has 1 rings (SSSR count). The largest absolute Gasteiger partial charge is 0.0770 e. The van der Waals surface area contributed by atoms with Crippen LogP contribution >= 0.6 is 0 Å². The molecule has 56 valence electrons. The van der Waals surface area contributed by atoms with Gasteiger partial charge in [0.25, 0.3) is 0 Å². The summed E-state index contributed by atoms with van der Waals surface area (Å²) in [5, 5.41) is 0. The molecule has 0 fully saturated rings. The van der Waals surface area contributed by atoms with Gasteiger partial charge in [-0.15, -0.1) is 0 Å². The van der Waals surface area contributed by atoms with E-state index in [1.165, 1.54) is 19.3 Å². The van der Waals surface area contributed by atoms with Crippen LogP contribution in [0.2, 0.25) is 0 Å². The van der Waals surface area contributed by atoms with Crippen molar-refractivity contribution in [1.82, 2.24) is 0 Å². The van der Waals surface area contributed by atoms with E-state index in [2.05, 4.69) is 26.8 Å². The van der Waals surface area contributed by atoms with Gasteiger partial charge in [0, 0.05) is 0 Å². The fourth-order valence-electron chi connectivity index (χ4n) is 1.68. The standard InChI is InChI=1S/C10H16/c1-4-9-7-6-8(3)10(9)5-2/h7H,4-6H2,1-3H3. The molecule has 0 aromatic carbocycles. The van der Waals surface area contributed by atoms with Crippen LogP contribution in [0.5, 0.6) is 0 Å². The Morgan fingerprint density at radius 2 is 2.00 bits per heavy atom. The molecule has 0 aromatic heterocycles. The van der Waals surface area contributed by atoms with Gasteiger partial charge in [-0.25, -0.2) is 0 Å². The summed E-state index contributed by atoms with van der Waals surface area (Å²) < 4.78 is 0. The van der Waals surface area contributed by atoms with Gasteiger partial charge in [0.15, 0.2) is 0 Å². The van der Waals surface area contributed by atoms with Crippen molar-refractivity contribution in [3.05, 3.63) is 22.8 Å². The van der Waals surface area contributed by atoms with Crippen LogP contribution in [0.3, 0.4) is 0 Å². The highest BCUT2D eigenvalue weighted by atomic mass is 14.2. The van der Waals surface area contributed by atoms with Gasteiger partial charge in [0.1, 0.15) is 0 Å². The Bertz CT molecular complexity index is 182. The lowest BCUT2D eigenvalue weighted by molar-refractivity contribution is 1.02. The second kappa shape index (κ2) is 3.05. The third kappa shape index (κ3) is 1.16. The van der Waals surface area contributed by atoms with Crippen molar-refractivity contribution in [3.63, 3.8) is 0 Å². The van der Waals surface area contributed by atoms with Crippen LogP contribution in [0.1, 0.15) is 40.0 Å². The lowest BCUT2D eigenvalue weighted by Gasteiger charge is -2.03. The predicted molar refractivity (Wildman–Crippen MR) is 46.0 cm³/mol. The van der Waals surface area contributed by atoms with E-state index < -0.39 is 0 Å². The van der Waals surface area contributed by atoms with Gasteiger partial charge in [0.05, 0.1) is 0 Å². The van der Waals surface area contributed by atoms with Gasteiger partial charge in [-0.2, -0.15) is 0 Å². The van der Waals surface area contributed by atoms with Gasteiger partial charge in [0.2, 0.25) is 0 Å². The molecule has 0 aliphatic heterocycles. The minimum Gasteiger partial charge on any atom is -0.0770 e. The van der Waals surface area contributed by atoms with Gasteiger partial charge in [-0.1, -0.05) is 25.5 Å². The molecule has 0 saturated carbocycles. The van der Waals surface area contributed by atoms with Crippen LogP contribution in [-0.4, -0.2) is 0 Å². The first-order valence-corrected chi connectivity index (χ1v) is 4.17. The maximum Gasteiger partial charge on any atom is -0.0130 e. The molecule has 0 heteroatoms. The maximum absolute atomic E-state index is 2.37. The average Bonchev–Trinajstić information content (AvgIpc) is 2.30. The molecule has 0 bridgehead atoms. The van der Waals surface area contributed by atoms with E-state index in [1.807, 2.05) is 0 Å². The summed E-state index contributed by atoms with van der Waals surface area (Å²) in [7, 11) is 0. The Morgan fingerprint density at radius 3 is 2.40 bits per heavy atom. The van der Waals surface area contributed by atoms with E-state index in [0.29, 0.717) is 0 Å². The first-order valence-electron chi connectivity index (χ1n) is 4.17. The molecule has 10 heavy (non-hydrogen) atoms. The monoisotopic (exact) mass is 136 g/mol. The summed E-state index contributed by atoms with van der Waals surface area (Å²) in [5.74, 6) is 0. The average molecular weight is 136 g/mol. The van der Waals surface area contributed by atoms with Crippen LogP contribution < -0.4 is 0 Å². The number of hydrogen-bond donors (Lipinski definition) is 0. The number of rotatable bonds is 2. The van der Waals surface area contributed by atoms with E-state index in [-0.39, 0.29) is 0 Å². The van der Waals surface area contributed by atoms with Gasteiger partial charge >= 0.3 is 0 Å². The molecule has 1 aliphatic carbocycles. The molecule has 0 unspecified atom stereocenters. The normalized spacial score (nSPS) is 18.1. The van der Waals surface area contributed by atoms with E-state index in [1.54, 1.807) is 16.7 Å². The van der Waals surface area contributed by atoms with Crippen molar-refractivity contribution in [2.24, 2.45) is 0 Å². The molecule has 0 amide bonds. The van der Waals surface area contributed by atoms with E-state index in [4.69, 9.17) is 0 Å². The SMILES string of the molecule is CCC1=CCC(C)=C1CC. The van der Waals surface area contributed by atoms with Crippen LogP contribution in [0.15, 0.2) is 22.8 Å². The van der Waals surface area contributed by atoms with Gasteiger partial charge in [-0.05, 0) is 37.3 Å². The summed E-state index contributed by atoms with van der Waals surface area (Å²) in [5.41, 5.74) is 4.78. The second-order valence-corrected chi connectivity index (χ2v) is 2.90. The third-order valence-electron chi connectivity index (χ3n) is 2.29. The molecule has 0 saturated heterocycles. The Labute approximate surface area is 63.6 Å². The molecule has 0 radical (unpaired) electrons. The Balaban J connectivity index is 2.79. The van der Waals surface area contributed by atoms with Crippen LogP contribution in [0.25, 0.3) is 0 Å². The van der Waals surface area contributed by atoms with Crippen molar-refractivity contribution in [3.8, 4) is 0 Å². The van der Waals surface area contributed by atoms with Crippen LogP contribution in [0, 0.1) is 0 Å². The zero-order valence-electron chi connectivity index (χ0n) is 7.20. The number of hydrogen-bond acceptors (Lipinski definition) is 0. The summed E-state index contributed by atoms with van der Waals surface area (Å²) in [4.78, 5) is 0. The van der Waals surface area contributed by atoms with Crippen molar-refractivity contribution >= 4 is 0 Å². The highest BCUT2D eigenvalue weighted by Gasteiger charge is 2.09. The molecule has 0 heterocycles. The fraction of sp³-hybridized carbons (Fsp3) is 0.600.